The van der Waals surface area contributed by atoms with E-state index in [2.05, 4.69) is 31.9 Å². The van der Waals surface area contributed by atoms with Crippen molar-refractivity contribution in [1.82, 2.24) is 0 Å². The lowest BCUT2D eigenvalue weighted by atomic mass is 9.91. The molecular formula is C20H10Br2O3. The number of furan rings is 1. The highest BCUT2D eigenvalue weighted by Crippen LogP contribution is 2.43. The standard InChI is InChI=1S/C20H10Br2O3/c21-15-13(11-7-3-1-4-8-11)18(24)20-14(17(15)23)16(22)19(25-20)12-9-5-2-6-10-12/h1-10H. The van der Waals surface area contributed by atoms with Gasteiger partial charge in [0.05, 0.1) is 20.1 Å². The average molecular weight is 458 g/mol. The van der Waals surface area contributed by atoms with E-state index in [4.69, 9.17) is 4.42 Å². The molecule has 0 spiro atoms. The molecule has 1 aliphatic carbocycles. The first-order chi connectivity index (χ1) is 12.1. The Labute approximate surface area is 160 Å². The predicted octanol–water partition coefficient (Wildman–Crippen LogP) is 5.89. The minimum atomic E-state index is -0.310. The monoisotopic (exact) mass is 456 g/mol. The molecule has 0 bridgehead atoms. The van der Waals surface area contributed by atoms with Gasteiger partial charge in [0.25, 0.3) is 0 Å². The van der Waals surface area contributed by atoms with E-state index in [1.54, 1.807) is 12.1 Å². The Morgan fingerprint density at radius 3 is 1.84 bits per heavy atom. The fraction of sp³-hybridized carbons (Fsp3) is 0. The summed E-state index contributed by atoms with van der Waals surface area (Å²) in [4.78, 5) is 25.9. The first kappa shape index (κ1) is 16.2. The highest BCUT2D eigenvalue weighted by atomic mass is 79.9. The van der Waals surface area contributed by atoms with Gasteiger partial charge in [-0.2, -0.15) is 0 Å². The highest BCUT2D eigenvalue weighted by Gasteiger charge is 2.38. The number of Topliss-reactive ketones (excluding diaryl/α,β-unsaturated/α-hetero) is 2. The Balaban J connectivity index is 1.92. The average Bonchev–Trinajstić information content (AvgIpc) is 2.99. The number of hydrogen-bond acceptors (Lipinski definition) is 3. The molecule has 122 valence electrons. The number of carbonyl (C=O) groups is 2. The molecule has 3 nitrogen and oxygen atoms in total. The maximum absolute atomic E-state index is 13.0. The van der Waals surface area contributed by atoms with Crippen molar-refractivity contribution in [2.75, 3.05) is 0 Å². The van der Waals surface area contributed by atoms with Gasteiger partial charge in [-0.3, -0.25) is 9.59 Å². The van der Waals surface area contributed by atoms with Crippen molar-refractivity contribution in [3.05, 3.63) is 86.5 Å². The van der Waals surface area contributed by atoms with Gasteiger partial charge in [-0.05, 0) is 37.4 Å². The third-order valence-corrected chi connectivity index (χ3v) is 5.54. The fourth-order valence-electron chi connectivity index (χ4n) is 2.85. The summed E-state index contributed by atoms with van der Waals surface area (Å²) < 4.78 is 6.58. The lowest BCUT2D eigenvalue weighted by Crippen LogP contribution is -2.17. The maximum atomic E-state index is 13.0. The number of allylic oxidation sites excluding steroid dienone is 2. The van der Waals surface area contributed by atoms with E-state index in [9.17, 15) is 9.59 Å². The molecule has 25 heavy (non-hydrogen) atoms. The smallest absolute Gasteiger partial charge is 0.230 e. The summed E-state index contributed by atoms with van der Waals surface area (Å²) in [5.41, 5.74) is 2.04. The number of hydrogen-bond donors (Lipinski definition) is 0. The molecule has 1 aliphatic rings. The first-order valence-electron chi connectivity index (χ1n) is 7.52. The Hall–Kier alpha value is -2.24. The number of carbonyl (C=O) groups excluding carboxylic acids is 2. The summed E-state index contributed by atoms with van der Waals surface area (Å²) in [5, 5.41) is 0. The van der Waals surface area contributed by atoms with Crippen molar-refractivity contribution < 1.29 is 14.0 Å². The molecule has 0 aliphatic heterocycles. The first-order valence-corrected chi connectivity index (χ1v) is 9.10. The molecule has 1 aromatic heterocycles. The van der Waals surface area contributed by atoms with Gasteiger partial charge < -0.3 is 4.42 Å². The van der Waals surface area contributed by atoms with E-state index in [0.29, 0.717) is 21.4 Å². The predicted molar refractivity (Wildman–Crippen MR) is 103 cm³/mol. The van der Waals surface area contributed by atoms with Crippen molar-refractivity contribution in [2.45, 2.75) is 0 Å². The second-order valence-electron chi connectivity index (χ2n) is 5.53. The van der Waals surface area contributed by atoms with Crippen molar-refractivity contribution in [3.63, 3.8) is 0 Å². The Bertz CT molecular complexity index is 1030. The number of rotatable bonds is 2. The maximum Gasteiger partial charge on any atom is 0.230 e. The van der Waals surface area contributed by atoms with Crippen LogP contribution in [0.2, 0.25) is 0 Å². The van der Waals surface area contributed by atoms with Gasteiger partial charge in [0.1, 0.15) is 5.76 Å². The Morgan fingerprint density at radius 1 is 0.680 bits per heavy atom. The highest BCUT2D eigenvalue weighted by molar-refractivity contribution is 9.12. The van der Waals surface area contributed by atoms with Crippen molar-refractivity contribution in [2.24, 2.45) is 0 Å². The largest absolute Gasteiger partial charge is 0.451 e. The van der Waals surface area contributed by atoms with E-state index < -0.39 is 0 Å². The summed E-state index contributed by atoms with van der Waals surface area (Å²) in [6.45, 7) is 0. The molecule has 0 fully saturated rings. The summed E-state index contributed by atoms with van der Waals surface area (Å²) >= 11 is 6.75. The summed E-state index contributed by atoms with van der Waals surface area (Å²) in [6, 6.07) is 18.5. The lowest BCUT2D eigenvalue weighted by molar-refractivity contribution is 0.0982. The molecule has 0 N–H and O–H groups in total. The number of ketones is 2. The van der Waals surface area contributed by atoms with Gasteiger partial charge in [-0.25, -0.2) is 0 Å². The SMILES string of the molecule is O=C1C(c2ccccc2)=C(Br)C(=O)c2c1oc(-c1ccccc1)c2Br. The van der Waals surface area contributed by atoms with E-state index in [1.807, 2.05) is 48.5 Å². The van der Waals surface area contributed by atoms with Crippen LogP contribution >= 0.6 is 31.9 Å². The van der Waals surface area contributed by atoms with E-state index in [-0.39, 0.29) is 27.4 Å². The van der Waals surface area contributed by atoms with Crippen LogP contribution in [-0.4, -0.2) is 11.6 Å². The van der Waals surface area contributed by atoms with E-state index >= 15 is 0 Å². The lowest BCUT2D eigenvalue weighted by Gasteiger charge is -2.14. The molecular weight excluding hydrogens is 448 g/mol. The van der Waals surface area contributed by atoms with Crippen LogP contribution in [0.15, 0.2) is 74.0 Å². The van der Waals surface area contributed by atoms with Gasteiger partial charge in [-0.1, -0.05) is 60.7 Å². The Morgan fingerprint density at radius 2 is 1.24 bits per heavy atom. The number of halogens is 2. The zero-order valence-electron chi connectivity index (χ0n) is 12.8. The van der Waals surface area contributed by atoms with Gasteiger partial charge in [0.2, 0.25) is 11.6 Å². The quantitative estimate of drug-likeness (QED) is 0.481. The third-order valence-electron chi connectivity index (χ3n) is 4.03. The van der Waals surface area contributed by atoms with Crippen LogP contribution in [0.1, 0.15) is 26.5 Å². The van der Waals surface area contributed by atoms with Crippen molar-refractivity contribution in [3.8, 4) is 11.3 Å². The molecule has 1 heterocycles. The second-order valence-corrected chi connectivity index (χ2v) is 7.11. The summed E-state index contributed by atoms with van der Waals surface area (Å²) in [5.74, 6) is -0.0403. The minimum Gasteiger partial charge on any atom is -0.451 e. The molecule has 4 rings (SSSR count). The zero-order valence-corrected chi connectivity index (χ0v) is 15.9. The van der Waals surface area contributed by atoms with Crippen LogP contribution in [0, 0.1) is 0 Å². The number of benzene rings is 2. The fourth-order valence-corrected chi connectivity index (χ4v) is 4.13. The molecule has 0 saturated heterocycles. The molecule has 2 aromatic carbocycles. The molecule has 0 atom stereocenters. The van der Waals surface area contributed by atoms with Crippen LogP contribution < -0.4 is 0 Å². The van der Waals surface area contributed by atoms with Gasteiger partial charge in [0, 0.05) is 5.56 Å². The van der Waals surface area contributed by atoms with E-state index in [0.717, 1.165) is 5.56 Å². The van der Waals surface area contributed by atoms with Gasteiger partial charge in [0.15, 0.2) is 5.76 Å². The van der Waals surface area contributed by atoms with Crippen molar-refractivity contribution >= 4 is 49.0 Å². The molecule has 0 saturated carbocycles. The van der Waals surface area contributed by atoms with Crippen LogP contribution in [0.5, 0.6) is 0 Å². The minimum absolute atomic E-state index is 0.0674. The van der Waals surface area contributed by atoms with Gasteiger partial charge >= 0.3 is 0 Å². The zero-order chi connectivity index (χ0) is 17.6. The van der Waals surface area contributed by atoms with Gasteiger partial charge in [-0.15, -0.1) is 0 Å². The third kappa shape index (κ3) is 2.55. The molecule has 0 amide bonds. The molecule has 0 unspecified atom stereocenters. The van der Waals surface area contributed by atoms with Crippen molar-refractivity contribution in [1.29, 1.82) is 0 Å². The van der Waals surface area contributed by atoms with E-state index in [1.165, 1.54) is 0 Å². The second kappa shape index (κ2) is 6.24. The molecule has 5 heteroatoms. The molecule has 0 radical (unpaired) electrons. The Kier molecular flexibility index (Phi) is 4.06. The van der Waals surface area contributed by atoms with Crippen LogP contribution in [0.4, 0.5) is 0 Å². The van der Waals surface area contributed by atoms with Crippen LogP contribution in [-0.2, 0) is 0 Å². The molecule has 3 aromatic rings. The van der Waals surface area contributed by atoms with Crippen LogP contribution in [0.25, 0.3) is 16.9 Å². The summed E-state index contributed by atoms with van der Waals surface area (Å²) in [6.07, 6.45) is 0. The normalized spacial score (nSPS) is 14.0. The van der Waals surface area contributed by atoms with Crippen LogP contribution in [0.3, 0.4) is 0 Å². The number of fused-ring (bicyclic) bond motifs is 1. The topological polar surface area (TPSA) is 47.3 Å². The summed E-state index contributed by atoms with van der Waals surface area (Å²) in [7, 11) is 0.